The number of benzene rings is 4. The summed E-state index contributed by atoms with van der Waals surface area (Å²) in [7, 11) is 1.53. The highest BCUT2D eigenvalue weighted by Gasteiger charge is 2.30. The fourth-order valence-electron chi connectivity index (χ4n) is 5.41. The molecular weight excluding hydrogens is 474 g/mol. The average molecular weight is 506 g/mol. The first-order chi connectivity index (χ1) is 18.3. The fraction of sp³-hybridized carbons (Fsp3) is 0.188. The molecule has 0 radical (unpaired) electrons. The summed E-state index contributed by atoms with van der Waals surface area (Å²) >= 11 is 0. The maximum Gasteiger partial charge on any atom is 0.336 e. The second-order valence-corrected chi connectivity index (χ2v) is 9.83. The molecule has 4 aromatic rings. The third-order valence-corrected chi connectivity index (χ3v) is 7.25. The number of hydrogen-bond acceptors (Lipinski definition) is 4. The second-order valence-electron chi connectivity index (χ2n) is 9.83. The lowest BCUT2D eigenvalue weighted by molar-refractivity contribution is 0.0697. The van der Waals surface area contributed by atoms with Crippen LogP contribution in [0, 0.1) is 12.3 Å². The molecule has 4 aromatic carbocycles. The summed E-state index contributed by atoms with van der Waals surface area (Å²) < 4.78 is 5.28. The van der Waals surface area contributed by atoms with Crippen molar-refractivity contribution in [3.63, 3.8) is 0 Å². The van der Waals surface area contributed by atoms with Gasteiger partial charge in [-0.2, -0.15) is 0 Å². The molecule has 0 amide bonds. The molecule has 6 nitrogen and oxygen atoms in total. The minimum Gasteiger partial charge on any atom is -0.497 e. The number of aryl methyl sites for hydroxylation is 1. The number of nitrogen functional groups attached to an aromatic ring is 1. The van der Waals surface area contributed by atoms with Gasteiger partial charge in [-0.15, -0.1) is 0 Å². The van der Waals surface area contributed by atoms with E-state index in [-0.39, 0.29) is 17.3 Å². The van der Waals surface area contributed by atoms with Crippen molar-refractivity contribution in [1.82, 2.24) is 0 Å². The van der Waals surface area contributed by atoms with E-state index in [0.717, 1.165) is 40.9 Å². The van der Waals surface area contributed by atoms with Gasteiger partial charge in [-0.1, -0.05) is 54.1 Å². The number of ether oxygens (including phenoxy) is 1. The van der Waals surface area contributed by atoms with E-state index in [4.69, 9.17) is 15.9 Å². The number of carboxylic acid groups (broad SMARTS) is 1. The number of hydrogen-bond donors (Lipinski definition) is 3. The molecule has 5 rings (SSSR count). The number of methoxy groups -OCH3 is 1. The zero-order valence-corrected chi connectivity index (χ0v) is 21.6. The minimum atomic E-state index is -0.989. The number of aromatic carboxylic acids is 1. The molecule has 0 aromatic heterocycles. The van der Waals surface area contributed by atoms with Crippen LogP contribution in [0.5, 0.6) is 5.75 Å². The third kappa shape index (κ3) is 4.98. The molecule has 0 spiro atoms. The van der Waals surface area contributed by atoms with E-state index in [9.17, 15) is 9.90 Å². The number of anilines is 1. The number of nitrogens with zero attached hydrogens (tertiary/aromatic N) is 1. The number of fused-ring (bicyclic) bond motifs is 1. The molecule has 0 saturated carbocycles. The van der Waals surface area contributed by atoms with Crippen molar-refractivity contribution in [2.75, 3.05) is 18.6 Å². The van der Waals surface area contributed by atoms with E-state index < -0.39 is 5.97 Å². The number of carbonyl (C=O) groups is 1. The molecule has 1 aliphatic heterocycles. The normalized spacial score (nSPS) is 14.3. The van der Waals surface area contributed by atoms with E-state index in [1.807, 2.05) is 30.3 Å². The van der Waals surface area contributed by atoms with Crippen LogP contribution in [0.2, 0.25) is 0 Å². The standard InChI is InChI=1S/C32H31N3O3/c1-20-8-11-26(27-12-10-25(38-2)17-29(27)32(36)37)23(14-20)18-35-19-24(15-21-6-4-3-5-7-21)28-16-22(31(33)34)9-13-30(28)35/h3-14,16-17,24H,15,18-19H2,1-2H3,(H3,33,34)(H,36,37). The Bertz CT molecular complexity index is 1510. The highest BCUT2D eigenvalue weighted by Crippen LogP contribution is 2.41. The van der Waals surface area contributed by atoms with Crippen LogP contribution in [0.3, 0.4) is 0 Å². The first-order valence-corrected chi connectivity index (χ1v) is 12.6. The molecule has 38 heavy (non-hydrogen) atoms. The molecule has 192 valence electrons. The Morgan fingerprint density at radius 2 is 1.79 bits per heavy atom. The molecule has 1 heterocycles. The largest absolute Gasteiger partial charge is 0.497 e. The molecule has 0 fully saturated rings. The van der Waals surface area contributed by atoms with E-state index in [2.05, 4.69) is 54.3 Å². The molecule has 1 aliphatic rings. The Balaban J connectivity index is 1.55. The number of amidine groups is 1. The average Bonchev–Trinajstić information content (AvgIpc) is 3.25. The predicted molar refractivity (Wildman–Crippen MR) is 152 cm³/mol. The van der Waals surface area contributed by atoms with Crippen LogP contribution in [0.15, 0.2) is 84.9 Å². The maximum absolute atomic E-state index is 12.2. The second kappa shape index (κ2) is 10.4. The van der Waals surface area contributed by atoms with E-state index in [0.29, 0.717) is 17.9 Å². The first kappa shape index (κ1) is 25.1. The molecule has 4 N–H and O–H groups in total. The van der Waals surface area contributed by atoms with Crippen molar-refractivity contribution in [3.8, 4) is 16.9 Å². The van der Waals surface area contributed by atoms with E-state index >= 15 is 0 Å². The predicted octanol–water partition coefficient (Wildman–Crippen LogP) is 6.00. The van der Waals surface area contributed by atoms with Crippen molar-refractivity contribution >= 4 is 17.5 Å². The molecule has 0 saturated heterocycles. The lowest BCUT2D eigenvalue weighted by atomic mass is 9.92. The Labute approximate surface area is 222 Å². The zero-order chi connectivity index (χ0) is 26.8. The van der Waals surface area contributed by atoms with Crippen LogP contribution in [0.1, 0.15) is 44.1 Å². The Kier molecular flexibility index (Phi) is 6.88. The van der Waals surface area contributed by atoms with Crippen LogP contribution < -0.4 is 15.4 Å². The van der Waals surface area contributed by atoms with Crippen LogP contribution >= 0.6 is 0 Å². The monoisotopic (exact) mass is 505 g/mol. The summed E-state index contributed by atoms with van der Waals surface area (Å²) in [5, 5.41) is 17.9. The highest BCUT2D eigenvalue weighted by molar-refractivity contribution is 5.97. The molecule has 6 heteroatoms. The molecule has 1 atom stereocenters. The van der Waals surface area contributed by atoms with Gasteiger partial charge in [0.25, 0.3) is 0 Å². The van der Waals surface area contributed by atoms with Gasteiger partial charge in [0.1, 0.15) is 11.6 Å². The van der Waals surface area contributed by atoms with Crippen molar-refractivity contribution in [2.24, 2.45) is 5.73 Å². The zero-order valence-electron chi connectivity index (χ0n) is 21.6. The van der Waals surface area contributed by atoms with Crippen LogP contribution in [-0.4, -0.2) is 30.6 Å². The quantitative estimate of drug-likeness (QED) is 0.201. The van der Waals surface area contributed by atoms with Crippen LogP contribution in [-0.2, 0) is 13.0 Å². The van der Waals surface area contributed by atoms with Gasteiger partial charge in [-0.05, 0) is 77.6 Å². The van der Waals surface area contributed by atoms with Gasteiger partial charge in [-0.25, -0.2) is 4.79 Å². The maximum atomic E-state index is 12.2. The Morgan fingerprint density at radius 1 is 1.03 bits per heavy atom. The van der Waals surface area contributed by atoms with Gasteiger partial charge in [0, 0.05) is 30.3 Å². The molecule has 0 aliphatic carbocycles. The Hall–Kier alpha value is -4.58. The smallest absolute Gasteiger partial charge is 0.336 e. The summed E-state index contributed by atoms with van der Waals surface area (Å²) in [6, 6.07) is 27.8. The van der Waals surface area contributed by atoms with E-state index in [1.165, 1.54) is 18.2 Å². The lowest BCUT2D eigenvalue weighted by Crippen LogP contribution is -2.22. The molecule has 0 bridgehead atoms. The van der Waals surface area contributed by atoms with Crippen molar-refractivity contribution in [1.29, 1.82) is 5.41 Å². The molecule has 1 unspecified atom stereocenters. The number of nitrogens with two attached hydrogens (primary N) is 1. The van der Waals surface area contributed by atoms with Gasteiger partial charge in [0.2, 0.25) is 0 Å². The van der Waals surface area contributed by atoms with E-state index in [1.54, 1.807) is 12.1 Å². The van der Waals surface area contributed by atoms with Gasteiger partial charge in [0.15, 0.2) is 0 Å². The van der Waals surface area contributed by atoms with Gasteiger partial charge in [0.05, 0.1) is 12.7 Å². The van der Waals surface area contributed by atoms with Gasteiger partial charge in [-0.3, -0.25) is 5.41 Å². The summed E-state index contributed by atoms with van der Waals surface area (Å²) in [4.78, 5) is 14.5. The first-order valence-electron chi connectivity index (χ1n) is 12.6. The topological polar surface area (TPSA) is 99.6 Å². The van der Waals surface area contributed by atoms with Gasteiger partial charge >= 0.3 is 5.97 Å². The Morgan fingerprint density at radius 3 is 2.50 bits per heavy atom. The number of rotatable bonds is 8. The number of nitrogens with one attached hydrogen (secondary N) is 1. The molecular formula is C32H31N3O3. The van der Waals surface area contributed by atoms with Crippen LogP contribution in [0.4, 0.5) is 5.69 Å². The fourth-order valence-corrected chi connectivity index (χ4v) is 5.41. The van der Waals surface area contributed by atoms with Crippen molar-refractivity contribution in [3.05, 3.63) is 118 Å². The summed E-state index contributed by atoms with van der Waals surface area (Å²) in [5.41, 5.74) is 14.1. The summed E-state index contributed by atoms with van der Waals surface area (Å²) in [6.45, 7) is 3.49. The minimum absolute atomic E-state index is 0.0615. The highest BCUT2D eigenvalue weighted by atomic mass is 16.5. The third-order valence-electron chi connectivity index (χ3n) is 7.25. The van der Waals surface area contributed by atoms with Gasteiger partial charge < -0.3 is 20.5 Å². The summed E-state index contributed by atoms with van der Waals surface area (Å²) in [5.74, 6) is -0.170. The SMILES string of the molecule is COc1ccc(-c2ccc(C)cc2CN2CC(Cc3ccccc3)c3cc(C(=N)N)ccc32)c(C(=O)O)c1. The number of carboxylic acids is 1. The summed E-state index contributed by atoms with van der Waals surface area (Å²) in [6.07, 6.45) is 0.883. The van der Waals surface area contributed by atoms with Crippen molar-refractivity contribution < 1.29 is 14.6 Å². The van der Waals surface area contributed by atoms with Crippen LogP contribution in [0.25, 0.3) is 11.1 Å². The lowest BCUT2D eigenvalue weighted by Gasteiger charge is -2.23. The van der Waals surface area contributed by atoms with Crippen molar-refractivity contribution in [2.45, 2.75) is 25.8 Å².